The summed E-state index contributed by atoms with van der Waals surface area (Å²) in [6.45, 7) is 1.66. The molecule has 0 aliphatic heterocycles. The molecular weight excluding hydrogens is 413 g/mol. The van der Waals surface area contributed by atoms with Gasteiger partial charge in [-0.15, -0.1) is 23.2 Å². The molecule has 0 amide bonds. The number of unbranched alkanes of at least 4 members (excludes halogenated alkanes) is 2. The van der Waals surface area contributed by atoms with Crippen LogP contribution >= 0.6 is 23.2 Å². The summed E-state index contributed by atoms with van der Waals surface area (Å²) in [4.78, 5) is 2.24. The van der Waals surface area contributed by atoms with Gasteiger partial charge in [0.15, 0.2) is 0 Å². The monoisotopic (exact) mass is 443 g/mol. The molecule has 160 valence electrons. The van der Waals surface area contributed by atoms with Gasteiger partial charge in [0, 0.05) is 30.5 Å². The second kappa shape index (κ2) is 12.1. The first-order chi connectivity index (χ1) is 14.7. The SMILES string of the molecule is COc1ccc2cc(CCCCCc3ccc(N(CCCl)CCCl)cc3)ccc2c1. The molecule has 0 aliphatic carbocycles. The van der Waals surface area contributed by atoms with Crippen LogP contribution in [0.5, 0.6) is 5.75 Å². The predicted octanol–water partition coefficient (Wildman–Crippen LogP) is 7.09. The van der Waals surface area contributed by atoms with E-state index in [0.717, 1.165) is 31.7 Å². The topological polar surface area (TPSA) is 12.5 Å². The molecule has 3 aromatic carbocycles. The van der Waals surface area contributed by atoms with Gasteiger partial charge in [-0.2, -0.15) is 0 Å². The molecule has 0 N–H and O–H groups in total. The third kappa shape index (κ3) is 6.55. The van der Waals surface area contributed by atoms with E-state index >= 15 is 0 Å². The minimum absolute atomic E-state index is 0.615. The van der Waals surface area contributed by atoms with E-state index in [2.05, 4.69) is 59.5 Å². The van der Waals surface area contributed by atoms with E-state index in [1.807, 2.05) is 6.07 Å². The molecule has 0 bridgehead atoms. The molecule has 0 radical (unpaired) electrons. The maximum atomic E-state index is 5.91. The van der Waals surface area contributed by atoms with E-state index in [9.17, 15) is 0 Å². The molecule has 30 heavy (non-hydrogen) atoms. The Kier molecular flexibility index (Phi) is 9.17. The minimum Gasteiger partial charge on any atom is -0.497 e. The van der Waals surface area contributed by atoms with Crippen molar-refractivity contribution in [1.29, 1.82) is 0 Å². The average molecular weight is 444 g/mol. The Bertz CT molecular complexity index is 905. The molecule has 0 spiro atoms. The summed E-state index contributed by atoms with van der Waals surface area (Å²) < 4.78 is 5.31. The largest absolute Gasteiger partial charge is 0.497 e. The van der Waals surface area contributed by atoms with Gasteiger partial charge in [-0.05, 0) is 71.8 Å². The van der Waals surface area contributed by atoms with Crippen LogP contribution in [-0.4, -0.2) is 32.0 Å². The van der Waals surface area contributed by atoms with Crippen LogP contribution in [0.15, 0.2) is 60.7 Å². The zero-order valence-corrected chi connectivity index (χ0v) is 19.3. The summed E-state index contributed by atoms with van der Waals surface area (Å²) in [6, 6.07) is 21.9. The maximum Gasteiger partial charge on any atom is 0.119 e. The number of ether oxygens (including phenoxy) is 1. The van der Waals surface area contributed by atoms with Crippen molar-refractivity contribution in [3.8, 4) is 5.75 Å². The Balaban J connectivity index is 1.43. The van der Waals surface area contributed by atoms with Crippen molar-refractivity contribution in [2.24, 2.45) is 0 Å². The third-order valence-electron chi connectivity index (χ3n) is 5.55. The quantitative estimate of drug-likeness (QED) is 0.218. The zero-order valence-electron chi connectivity index (χ0n) is 17.7. The zero-order chi connectivity index (χ0) is 21.2. The van der Waals surface area contributed by atoms with Crippen molar-refractivity contribution in [1.82, 2.24) is 0 Å². The molecule has 0 unspecified atom stereocenters. The molecule has 4 heteroatoms. The molecule has 0 aliphatic rings. The molecule has 0 fully saturated rings. The summed E-state index contributed by atoms with van der Waals surface area (Å²) in [5.41, 5.74) is 4.01. The van der Waals surface area contributed by atoms with Gasteiger partial charge in [0.25, 0.3) is 0 Å². The number of halogens is 2. The number of hydrogen-bond acceptors (Lipinski definition) is 2. The summed E-state index contributed by atoms with van der Waals surface area (Å²) in [6.07, 6.45) is 5.94. The maximum absolute atomic E-state index is 5.91. The fraction of sp³-hybridized carbons (Fsp3) is 0.385. The van der Waals surface area contributed by atoms with Crippen LogP contribution < -0.4 is 9.64 Å². The normalized spacial score (nSPS) is 11.0. The van der Waals surface area contributed by atoms with Gasteiger partial charge in [-0.25, -0.2) is 0 Å². The van der Waals surface area contributed by atoms with Gasteiger partial charge in [-0.1, -0.05) is 42.8 Å². The van der Waals surface area contributed by atoms with Gasteiger partial charge in [-0.3, -0.25) is 0 Å². The first kappa shape index (κ1) is 22.8. The molecule has 0 saturated heterocycles. The number of aryl methyl sites for hydroxylation is 2. The van der Waals surface area contributed by atoms with Crippen molar-refractivity contribution >= 4 is 39.7 Å². The van der Waals surface area contributed by atoms with Crippen molar-refractivity contribution in [3.05, 3.63) is 71.8 Å². The van der Waals surface area contributed by atoms with Crippen LogP contribution in [0.3, 0.4) is 0 Å². The van der Waals surface area contributed by atoms with Gasteiger partial charge >= 0.3 is 0 Å². The summed E-state index contributed by atoms with van der Waals surface area (Å²) in [7, 11) is 1.71. The van der Waals surface area contributed by atoms with Gasteiger partial charge in [0.2, 0.25) is 0 Å². The second-order valence-electron chi connectivity index (χ2n) is 7.64. The lowest BCUT2D eigenvalue weighted by molar-refractivity contribution is 0.415. The number of nitrogens with zero attached hydrogens (tertiary/aromatic N) is 1. The minimum atomic E-state index is 0.615. The number of methoxy groups -OCH3 is 1. The highest BCUT2D eigenvalue weighted by molar-refractivity contribution is 6.18. The molecule has 2 nitrogen and oxygen atoms in total. The lowest BCUT2D eigenvalue weighted by atomic mass is 10.0. The first-order valence-electron chi connectivity index (χ1n) is 10.8. The fourth-order valence-corrected chi connectivity index (χ4v) is 4.25. The molecular formula is C26H31Cl2NO. The van der Waals surface area contributed by atoms with Crippen molar-refractivity contribution in [3.63, 3.8) is 0 Å². The molecule has 0 aromatic heterocycles. The number of rotatable bonds is 12. The number of anilines is 1. The van der Waals surface area contributed by atoms with Crippen molar-refractivity contribution in [2.45, 2.75) is 32.1 Å². The van der Waals surface area contributed by atoms with Crippen LogP contribution in [-0.2, 0) is 12.8 Å². The Hall–Kier alpha value is -1.90. The van der Waals surface area contributed by atoms with Gasteiger partial charge < -0.3 is 9.64 Å². The van der Waals surface area contributed by atoms with E-state index in [0.29, 0.717) is 11.8 Å². The summed E-state index contributed by atoms with van der Waals surface area (Å²) in [5.74, 6) is 2.14. The molecule has 0 heterocycles. The summed E-state index contributed by atoms with van der Waals surface area (Å²) >= 11 is 11.8. The average Bonchev–Trinajstić information content (AvgIpc) is 2.78. The fourth-order valence-electron chi connectivity index (χ4n) is 3.84. The van der Waals surface area contributed by atoms with Crippen LogP contribution in [0.25, 0.3) is 10.8 Å². The lowest BCUT2D eigenvalue weighted by Crippen LogP contribution is -2.27. The molecule has 3 aromatic rings. The highest BCUT2D eigenvalue weighted by Gasteiger charge is 2.05. The molecule has 0 saturated carbocycles. The molecule has 0 atom stereocenters. The van der Waals surface area contributed by atoms with Gasteiger partial charge in [0.05, 0.1) is 7.11 Å². The highest BCUT2D eigenvalue weighted by Crippen LogP contribution is 2.23. The van der Waals surface area contributed by atoms with E-state index in [-0.39, 0.29) is 0 Å². The lowest BCUT2D eigenvalue weighted by Gasteiger charge is -2.23. The number of benzene rings is 3. The number of fused-ring (bicyclic) bond motifs is 1. The number of hydrogen-bond donors (Lipinski definition) is 0. The van der Waals surface area contributed by atoms with E-state index < -0.39 is 0 Å². The Labute approximate surface area is 190 Å². The van der Waals surface area contributed by atoms with Crippen molar-refractivity contribution in [2.75, 3.05) is 36.9 Å². The van der Waals surface area contributed by atoms with E-state index in [1.165, 1.54) is 46.8 Å². The first-order valence-corrected chi connectivity index (χ1v) is 11.8. The Morgan fingerprint density at radius 1 is 0.700 bits per heavy atom. The smallest absolute Gasteiger partial charge is 0.119 e. The Morgan fingerprint density at radius 2 is 1.30 bits per heavy atom. The number of alkyl halides is 2. The Morgan fingerprint density at radius 3 is 1.97 bits per heavy atom. The second-order valence-corrected chi connectivity index (χ2v) is 8.40. The van der Waals surface area contributed by atoms with Crippen LogP contribution in [0.2, 0.25) is 0 Å². The highest BCUT2D eigenvalue weighted by atomic mass is 35.5. The van der Waals surface area contributed by atoms with Crippen LogP contribution in [0.4, 0.5) is 5.69 Å². The standard InChI is InChI=1S/C26H31Cl2NO/c1-30-26-14-11-23-19-22(7-10-24(23)20-26)6-4-2-3-5-21-8-12-25(13-9-21)29(17-15-27)18-16-28/h7-14,19-20H,2-6,15-18H2,1H3. The van der Waals surface area contributed by atoms with Crippen LogP contribution in [0, 0.1) is 0 Å². The van der Waals surface area contributed by atoms with E-state index in [4.69, 9.17) is 27.9 Å². The predicted molar refractivity (Wildman–Crippen MR) is 132 cm³/mol. The molecule has 3 rings (SSSR count). The van der Waals surface area contributed by atoms with E-state index in [1.54, 1.807) is 7.11 Å². The van der Waals surface area contributed by atoms with Gasteiger partial charge in [0.1, 0.15) is 5.75 Å². The van der Waals surface area contributed by atoms with Crippen LogP contribution in [0.1, 0.15) is 30.4 Å². The summed E-state index contributed by atoms with van der Waals surface area (Å²) in [5, 5.41) is 2.52. The van der Waals surface area contributed by atoms with Crippen molar-refractivity contribution < 1.29 is 4.74 Å². The third-order valence-corrected chi connectivity index (χ3v) is 5.89.